The first-order valence-electron chi connectivity index (χ1n) is 5.77. The number of hydrogen-bond donors (Lipinski definition) is 2. The minimum Gasteiger partial charge on any atom is -0.494 e. The Morgan fingerprint density at radius 2 is 2.00 bits per heavy atom. The van der Waals surface area contributed by atoms with Gasteiger partial charge in [-0.1, -0.05) is 23.2 Å². The minimum absolute atomic E-state index is 0. The Balaban J connectivity index is 0.00000220. The molecule has 2 rings (SSSR count). The van der Waals surface area contributed by atoms with E-state index in [2.05, 4.69) is 10.6 Å². The standard InChI is InChI=1S/C12H12Cl2F2N2O2.ClH/c1-20-10-7(13)2-6(3-8(10)14)18-11(19)9-4-12(15,16)5-17-9;/h2-3,9,17H,4-5H2,1H3,(H,18,19);1H. The predicted octanol–water partition coefficient (Wildman–Crippen LogP) is 3.36. The lowest BCUT2D eigenvalue weighted by molar-refractivity contribution is -0.118. The van der Waals surface area contributed by atoms with Gasteiger partial charge in [-0.3, -0.25) is 10.1 Å². The van der Waals surface area contributed by atoms with Gasteiger partial charge in [-0.15, -0.1) is 12.4 Å². The van der Waals surface area contributed by atoms with E-state index in [0.29, 0.717) is 5.69 Å². The molecule has 1 unspecified atom stereocenters. The lowest BCUT2D eigenvalue weighted by Gasteiger charge is -2.13. The molecule has 1 heterocycles. The molecule has 1 amide bonds. The van der Waals surface area contributed by atoms with Crippen LogP contribution in [0.2, 0.25) is 10.0 Å². The molecule has 1 atom stereocenters. The van der Waals surface area contributed by atoms with Crippen molar-refractivity contribution in [2.45, 2.75) is 18.4 Å². The van der Waals surface area contributed by atoms with Crippen LogP contribution in [0.1, 0.15) is 6.42 Å². The summed E-state index contributed by atoms with van der Waals surface area (Å²) in [7, 11) is 1.41. The highest BCUT2D eigenvalue weighted by atomic mass is 35.5. The SMILES string of the molecule is COc1c(Cl)cc(NC(=O)C2CC(F)(F)CN2)cc1Cl.Cl. The largest absolute Gasteiger partial charge is 0.494 e. The number of methoxy groups -OCH3 is 1. The van der Waals surface area contributed by atoms with Gasteiger partial charge in [0.25, 0.3) is 5.92 Å². The van der Waals surface area contributed by atoms with E-state index in [9.17, 15) is 13.6 Å². The first-order chi connectivity index (χ1) is 9.32. The molecule has 1 saturated heterocycles. The predicted molar refractivity (Wildman–Crippen MR) is 80.2 cm³/mol. The first-order valence-corrected chi connectivity index (χ1v) is 6.53. The third-order valence-corrected chi connectivity index (χ3v) is 3.46. The summed E-state index contributed by atoms with van der Waals surface area (Å²) in [6.45, 7) is -0.505. The highest BCUT2D eigenvalue weighted by molar-refractivity contribution is 6.37. The summed E-state index contributed by atoms with van der Waals surface area (Å²) in [6.07, 6.45) is -0.531. The maximum atomic E-state index is 13.0. The van der Waals surface area contributed by atoms with Gasteiger partial charge in [0.2, 0.25) is 5.91 Å². The van der Waals surface area contributed by atoms with E-state index < -0.39 is 30.8 Å². The maximum absolute atomic E-state index is 13.0. The van der Waals surface area contributed by atoms with Gasteiger partial charge in [-0.05, 0) is 12.1 Å². The molecule has 1 aromatic carbocycles. The number of halogens is 5. The zero-order valence-corrected chi connectivity index (χ0v) is 13.2. The van der Waals surface area contributed by atoms with Gasteiger partial charge >= 0.3 is 0 Å². The number of rotatable bonds is 3. The number of carbonyl (C=O) groups is 1. The molecule has 21 heavy (non-hydrogen) atoms. The van der Waals surface area contributed by atoms with Crippen molar-refractivity contribution in [2.24, 2.45) is 0 Å². The van der Waals surface area contributed by atoms with E-state index in [1.807, 2.05) is 0 Å². The van der Waals surface area contributed by atoms with Crippen LogP contribution < -0.4 is 15.4 Å². The number of benzene rings is 1. The van der Waals surface area contributed by atoms with Crippen LogP contribution >= 0.6 is 35.6 Å². The van der Waals surface area contributed by atoms with Crippen LogP contribution in [-0.4, -0.2) is 31.5 Å². The van der Waals surface area contributed by atoms with Crippen molar-refractivity contribution in [2.75, 3.05) is 19.0 Å². The Morgan fingerprint density at radius 3 is 2.43 bits per heavy atom. The molecule has 0 aliphatic carbocycles. The van der Waals surface area contributed by atoms with Crippen LogP contribution in [0.25, 0.3) is 0 Å². The monoisotopic (exact) mass is 360 g/mol. The second-order valence-electron chi connectivity index (χ2n) is 4.46. The molecule has 4 nitrogen and oxygen atoms in total. The Hall–Kier alpha value is -0.820. The molecular weight excluding hydrogens is 348 g/mol. The van der Waals surface area contributed by atoms with E-state index in [0.717, 1.165) is 0 Å². The van der Waals surface area contributed by atoms with E-state index >= 15 is 0 Å². The molecule has 1 aliphatic rings. The van der Waals surface area contributed by atoms with Crippen molar-refractivity contribution in [3.05, 3.63) is 22.2 Å². The van der Waals surface area contributed by atoms with Crippen molar-refractivity contribution in [1.29, 1.82) is 0 Å². The molecule has 1 aliphatic heterocycles. The molecule has 0 bridgehead atoms. The van der Waals surface area contributed by atoms with Gasteiger partial charge in [-0.25, -0.2) is 8.78 Å². The summed E-state index contributed by atoms with van der Waals surface area (Å²) >= 11 is 11.9. The van der Waals surface area contributed by atoms with Gasteiger partial charge in [0.1, 0.15) is 0 Å². The molecule has 1 aromatic rings. The smallest absolute Gasteiger partial charge is 0.262 e. The van der Waals surface area contributed by atoms with Crippen molar-refractivity contribution < 1.29 is 18.3 Å². The normalized spacial score (nSPS) is 19.8. The van der Waals surface area contributed by atoms with E-state index in [1.54, 1.807) is 0 Å². The first kappa shape index (κ1) is 18.2. The third kappa shape index (κ3) is 4.32. The molecule has 118 valence electrons. The summed E-state index contributed by atoms with van der Waals surface area (Å²) in [5, 5.41) is 5.41. The Kier molecular flexibility index (Phi) is 6.04. The third-order valence-electron chi connectivity index (χ3n) is 2.90. The molecule has 9 heteroatoms. The molecule has 2 N–H and O–H groups in total. The average Bonchev–Trinajstić information content (AvgIpc) is 2.69. The van der Waals surface area contributed by atoms with E-state index in [-0.39, 0.29) is 28.2 Å². The molecule has 0 radical (unpaired) electrons. The van der Waals surface area contributed by atoms with Gasteiger partial charge in [0.15, 0.2) is 5.75 Å². The fourth-order valence-electron chi connectivity index (χ4n) is 1.96. The molecule has 0 spiro atoms. The number of hydrogen-bond acceptors (Lipinski definition) is 3. The highest BCUT2D eigenvalue weighted by Crippen LogP contribution is 2.36. The second kappa shape index (κ2) is 6.96. The zero-order chi connectivity index (χ0) is 14.9. The molecule has 1 fully saturated rings. The number of nitrogens with one attached hydrogen (secondary N) is 2. The summed E-state index contributed by atoms with van der Waals surface area (Å²) in [5.74, 6) is -3.13. The summed E-state index contributed by atoms with van der Waals surface area (Å²) in [5.41, 5.74) is 0.322. The number of ether oxygens (including phenoxy) is 1. The number of carbonyl (C=O) groups excluding carboxylic acids is 1. The van der Waals surface area contributed by atoms with Crippen molar-refractivity contribution >= 4 is 47.2 Å². The van der Waals surface area contributed by atoms with Gasteiger partial charge in [0.05, 0.1) is 29.7 Å². The van der Waals surface area contributed by atoms with Crippen LogP contribution in [-0.2, 0) is 4.79 Å². The van der Waals surface area contributed by atoms with Crippen molar-refractivity contribution in [3.63, 3.8) is 0 Å². The number of amides is 1. The Morgan fingerprint density at radius 1 is 1.43 bits per heavy atom. The van der Waals surface area contributed by atoms with Crippen LogP contribution in [0.15, 0.2) is 12.1 Å². The van der Waals surface area contributed by atoms with Crippen LogP contribution in [0.5, 0.6) is 5.75 Å². The highest BCUT2D eigenvalue weighted by Gasteiger charge is 2.42. The summed E-state index contributed by atoms with van der Waals surface area (Å²) in [6, 6.07) is 1.94. The number of alkyl halides is 2. The Bertz CT molecular complexity index is 520. The topological polar surface area (TPSA) is 50.4 Å². The van der Waals surface area contributed by atoms with Crippen LogP contribution in [0, 0.1) is 0 Å². The van der Waals surface area contributed by atoms with E-state index in [1.165, 1.54) is 19.2 Å². The lowest BCUT2D eigenvalue weighted by atomic mass is 10.2. The Labute approximate surface area is 136 Å². The van der Waals surface area contributed by atoms with Gasteiger partial charge in [-0.2, -0.15) is 0 Å². The summed E-state index contributed by atoms with van der Waals surface area (Å²) in [4.78, 5) is 11.9. The number of anilines is 1. The second-order valence-corrected chi connectivity index (χ2v) is 5.27. The minimum atomic E-state index is -2.86. The van der Waals surface area contributed by atoms with E-state index in [4.69, 9.17) is 27.9 Å². The van der Waals surface area contributed by atoms with Crippen LogP contribution in [0.4, 0.5) is 14.5 Å². The van der Waals surface area contributed by atoms with Gasteiger partial charge < -0.3 is 10.1 Å². The van der Waals surface area contributed by atoms with Crippen LogP contribution in [0.3, 0.4) is 0 Å². The zero-order valence-electron chi connectivity index (χ0n) is 10.9. The molecule has 0 aromatic heterocycles. The lowest BCUT2D eigenvalue weighted by Crippen LogP contribution is -2.35. The fraction of sp³-hybridized carbons (Fsp3) is 0.417. The van der Waals surface area contributed by atoms with Crippen molar-refractivity contribution in [1.82, 2.24) is 5.32 Å². The van der Waals surface area contributed by atoms with Crippen molar-refractivity contribution in [3.8, 4) is 5.75 Å². The quantitative estimate of drug-likeness (QED) is 0.868. The molecule has 0 saturated carbocycles. The summed E-state index contributed by atoms with van der Waals surface area (Å²) < 4.78 is 31.0. The fourth-order valence-corrected chi connectivity index (χ4v) is 2.60. The van der Waals surface area contributed by atoms with Gasteiger partial charge in [0, 0.05) is 12.1 Å². The molecular formula is C12H13Cl3F2N2O2. The maximum Gasteiger partial charge on any atom is 0.262 e. The average molecular weight is 362 g/mol.